The number of hydrogen-bond donors (Lipinski definition) is 1. The summed E-state index contributed by atoms with van der Waals surface area (Å²) in [6, 6.07) is 5.58. The summed E-state index contributed by atoms with van der Waals surface area (Å²) in [4.78, 5) is 26.1. The second-order valence-electron chi connectivity index (χ2n) is 4.63. The molecule has 0 amide bonds. The number of hydrogen-bond acceptors (Lipinski definition) is 5. The molecule has 7 heteroatoms. The Kier molecular flexibility index (Phi) is 4.29. The first-order valence-corrected chi connectivity index (χ1v) is 6.26. The van der Waals surface area contributed by atoms with Crippen molar-refractivity contribution in [2.24, 2.45) is 11.1 Å². The first-order valence-electron chi connectivity index (χ1n) is 6.26. The van der Waals surface area contributed by atoms with Gasteiger partial charge in [-0.1, -0.05) is 5.16 Å². The summed E-state index contributed by atoms with van der Waals surface area (Å²) in [5.41, 5.74) is 0.690. The smallest absolute Gasteiger partial charge is 0.306 e. The fourth-order valence-electron chi connectivity index (χ4n) is 2.08. The number of benzene rings is 1. The minimum Gasteiger partial charge on any atom is -0.481 e. The summed E-state index contributed by atoms with van der Waals surface area (Å²) in [5, 5.41) is 23.4. The zero-order valence-corrected chi connectivity index (χ0v) is 10.7. The van der Waals surface area contributed by atoms with Gasteiger partial charge in [0.05, 0.1) is 16.6 Å². The molecule has 1 aromatic rings. The number of aliphatic carboxylic acids is 1. The van der Waals surface area contributed by atoms with Crippen molar-refractivity contribution < 1.29 is 19.7 Å². The van der Waals surface area contributed by atoms with Crippen LogP contribution in [0.4, 0.5) is 5.69 Å². The molecule has 2 rings (SSSR count). The van der Waals surface area contributed by atoms with E-state index in [1.54, 1.807) is 0 Å². The van der Waals surface area contributed by atoms with Gasteiger partial charge in [-0.3, -0.25) is 14.9 Å². The molecule has 0 bridgehead atoms. The standard InChI is InChI=1S/C13H14N2O5/c16-13(17)9-2-1-3-10(8-9)14-20-12-6-4-11(5-7-12)15(18)19/h4-7,9H,1-3,8H2,(H,16,17). The fourth-order valence-corrected chi connectivity index (χ4v) is 2.08. The lowest BCUT2D eigenvalue weighted by molar-refractivity contribution is -0.384. The normalized spacial score (nSPS) is 20.6. The van der Waals surface area contributed by atoms with E-state index < -0.39 is 16.8 Å². The zero-order valence-electron chi connectivity index (χ0n) is 10.7. The van der Waals surface area contributed by atoms with Crippen molar-refractivity contribution in [2.45, 2.75) is 25.7 Å². The molecular formula is C13H14N2O5. The van der Waals surface area contributed by atoms with Gasteiger partial charge in [0.2, 0.25) is 0 Å². The van der Waals surface area contributed by atoms with Crippen molar-refractivity contribution in [3.8, 4) is 5.75 Å². The van der Waals surface area contributed by atoms with Gasteiger partial charge in [0.25, 0.3) is 5.69 Å². The Morgan fingerprint density at radius 2 is 2.10 bits per heavy atom. The molecule has 1 aliphatic rings. The molecule has 106 valence electrons. The molecule has 1 fully saturated rings. The Bertz CT molecular complexity index is 538. The molecule has 1 aliphatic carbocycles. The quantitative estimate of drug-likeness (QED) is 0.673. The van der Waals surface area contributed by atoms with Gasteiger partial charge in [0, 0.05) is 18.6 Å². The predicted octanol–water partition coefficient (Wildman–Crippen LogP) is 2.60. The highest BCUT2D eigenvalue weighted by molar-refractivity contribution is 5.89. The summed E-state index contributed by atoms with van der Waals surface area (Å²) < 4.78 is 0. The molecule has 0 aromatic heterocycles. The average Bonchev–Trinajstić information content (AvgIpc) is 2.46. The van der Waals surface area contributed by atoms with Crippen molar-refractivity contribution >= 4 is 17.4 Å². The van der Waals surface area contributed by atoms with Crippen LogP contribution >= 0.6 is 0 Å². The van der Waals surface area contributed by atoms with Crippen LogP contribution in [0.2, 0.25) is 0 Å². The van der Waals surface area contributed by atoms with Crippen LogP contribution in [0, 0.1) is 16.0 Å². The van der Waals surface area contributed by atoms with E-state index in [2.05, 4.69) is 5.16 Å². The number of nitro benzene ring substituents is 1. The Hall–Kier alpha value is -2.44. The number of oxime groups is 1. The third-order valence-corrected chi connectivity index (χ3v) is 3.18. The highest BCUT2D eigenvalue weighted by atomic mass is 16.6. The molecule has 1 unspecified atom stereocenters. The van der Waals surface area contributed by atoms with Crippen molar-refractivity contribution in [2.75, 3.05) is 0 Å². The lowest BCUT2D eigenvalue weighted by atomic mass is 9.88. The maximum Gasteiger partial charge on any atom is 0.306 e. The second kappa shape index (κ2) is 6.14. The molecule has 1 saturated carbocycles. The molecule has 20 heavy (non-hydrogen) atoms. The molecule has 1 N–H and O–H groups in total. The average molecular weight is 278 g/mol. The maximum atomic E-state index is 10.9. The molecule has 0 saturated heterocycles. The van der Waals surface area contributed by atoms with Gasteiger partial charge in [-0.2, -0.15) is 0 Å². The number of non-ortho nitro benzene ring substituents is 1. The Labute approximate surface area is 115 Å². The van der Waals surface area contributed by atoms with E-state index >= 15 is 0 Å². The van der Waals surface area contributed by atoms with Gasteiger partial charge < -0.3 is 9.94 Å². The van der Waals surface area contributed by atoms with Crippen LogP contribution < -0.4 is 4.84 Å². The van der Waals surface area contributed by atoms with Gasteiger partial charge in [0.15, 0.2) is 5.75 Å². The molecule has 0 spiro atoms. The Morgan fingerprint density at radius 3 is 2.70 bits per heavy atom. The van der Waals surface area contributed by atoms with Gasteiger partial charge in [0.1, 0.15) is 0 Å². The third-order valence-electron chi connectivity index (χ3n) is 3.18. The summed E-state index contributed by atoms with van der Waals surface area (Å²) >= 11 is 0. The second-order valence-corrected chi connectivity index (χ2v) is 4.63. The Morgan fingerprint density at radius 1 is 1.40 bits per heavy atom. The zero-order chi connectivity index (χ0) is 14.5. The minimum atomic E-state index is -0.812. The van der Waals surface area contributed by atoms with Crippen molar-refractivity contribution in [3.05, 3.63) is 34.4 Å². The van der Waals surface area contributed by atoms with Crippen molar-refractivity contribution in [1.82, 2.24) is 0 Å². The van der Waals surface area contributed by atoms with Crippen LogP contribution in [0.5, 0.6) is 5.75 Å². The first kappa shape index (κ1) is 14.0. The number of carboxylic acid groups (broad SMARTS) is 1. The molecule has 0 aliphatic heterocycles. The SMILES string of the molecule is O=C(O)C1CCCC(=NOc2ccc([N+](=O)[O-])cc2)C1. The molecule has 0 heterocycles. The van der Waals surface area contributed by atoms with E-state index in [-0.39, 0.29) is 5.69 Å². The molecule has 0 radical (unpaired) electrons. The van der Waals surface area contributed by atoms with Crippen LogP contribution in [-0.4, -0.2) is 21.7 Å². The maximum absolute atomic E-state index is 10.9. The van der Waals surface area contributed by atoms with Crippen LogP contribution in [0.15, 0.2) is 29.4 Å². The largest absolute Gasteiger partial charge is 0.481 e. The summed E-state index contributed by atoms with van der Waals surface area (Å²) in [6.45, 7) is 0. The number of carboxylic acids is 1. The van der Waals surface area contributed by atoms with Crippen LogP contribution in [0.25, 0.3) is 0 Å². The monoisotopic (exact) mass is 278 g/mol. The van der Waals surface area contributed by atoms with Crippen LogP contribution in [-0.2, 0) is 4.79 Å². The predicted molar refractivity (Wildman–Crippen MR) is 70.8 cm³/mol. The van der Waals surface area contributed by atoms with E-state index in [0.717, 1.165) is 12.8 Å². The molecule has 7 nitrogen and oxygen atoms in total. The highest BCUT2D eigenvalue weighted by Crippen LogP contribution is 2.23. The molecular weight excluding hydrogens is 264 g/mol. The van der Waals surface area contributed by atoms with Gasteiger partial charge >= 0.3 is 5.97 Å². The van der Waals surface area contributed by atoms with Crippen molar-refractivity contribution in [1.29, 1.82) is 0 Å². The number of carbonyl (C=O) groups is 1. The number of nitro groups is 1. The lowest BCUT2D eigenvalue weighted by Gasteiger charge is -2.18. The van der Waals surface area contributed by atoms with E-state index in [9.17, 15) is 14.9 Å². The number of rotatable bonds is 4. The number of nitrogens with zero attached hydrogens (tertiary/aromatic N) is 2. The van der Waals surface area contributed by atoms with Crippen LogP contribution in [0.3, 0.4) is 0 Å². The van der Waals surface area contributed by atoms with E-state index in [1.807, 2.05) is 0 Å². The van der Waals surface area contributed by atoms with Crippen LogP contribution in [0.1, 0.15) is 25.7 Å². The van der Waals surface area contributed by atoms with Gasteiger partial charge in [-0.15, -0.1) is 0 Å². The summed E-state index contributed by atoms with van der Waals surface area (Å²) in [7, 11) is 0. The van der Waals surface area contributed by atoms with Gasteiger partial charge in [-0.25, -0.2) is 0 Å². The molecule has 1 aromatic carbocycles. The Balaban J connectivity index is 1.98. The summed E-state index contributed by atoms with van der Waals surface area (Å²) in [5.74, 6) is -0.823. The topological polar surface area (TPSA) is 102 Å². The van der Waals surface area contributed by atoms with Gasteiger partial charge in [-0.05, 0) is 31.4 Å². The first-order chi connectivity index (χ1) is 9.56. The lowest BCUT2D eigenvalue weighted by Crippen LogP contribution is -2.22. The fraction of sp³-hybridized carbons (Fsp3) is 0.385. The summed E-state index contributed by atoms with van der Waals surface area (Å²) in [6.07, 6.45) is 2.55. The minimum absolute atomic E-state index is 0.0198. The third kappa shape index (κ3) is 3.53. The van der Waals surface area contributed by atoms with E-state index in [1.165, 1.54) is 24.3 Å². The van der Waals surface area contributed by atoms with E-state index in [0.29, 0.717) is 24.3 Å². The molecule has 1 atom stereocenters. The van der Waals surface area contributed by atoms with E-state index in [4.69, 9.17) is 9.94 Å². The van der Waals surface area contributed by atoms with Crippen molar-refractivity contribution in [3.63, 3.8) is 0 Å². The highest BCUT2D eigenvalue weighted by Gasteiger charge is 2.24.